The molecule has 0 radical (unpaired) electrons. The van der Waals surface area contributed by atoms with Gasteiger partial charge in [-0.15, -0.1) is 0 Å². The Balaban J connectivity index is 4.29. The molecule has 0 aliphatic rings. The molecule has 0 bridgehead atoms. The number of alkyl carbamates (subject to hydrolysis) is 4. The SMILES string of the molecule is CC(C)(C)OC(=O)NCCCN(CCCCNC(=O)OCCNCCCCCCN=C(NC(=O)OC(C)(C)C)NC(=O)OC(C)(C)C)C(=O)OC(C)(C)C. The lowest BCUT2D eigenvalue weighted by atomic mass is 10.2. The molecule has 0 unspecified atom stereocenters. The second-order valence-corrected chi connectivity index (χ2v) is 16.7. The molecule has 17 nitrogen and oxygen atoms in total. The lowest BCUT2D eigenvalue weighted by molar-refractivity contribution is 0.0243. The van der Waals surface area contributed by atoms with Gasteiger partial charge < -0.3 is 44.5 Å². The molecule has 54 heavy (non-hydrogen) atoms. The third-order valence-electron chi connectivity index (χ3n) is 6.33. The maximum Gasteiger partial charge on any atom is 0.414 e. The van der Waals surface area contributed by atoms with Gasteiger partial charge in [-0.2, -0.15) is 0 Å². The number of guanidine groups is 1. The number of amides is 5. The summed E-state index contributed by atoms with van der Waals surface area (Å²) in [5, 5.41) is 13.6. The molecular formula is C37H71N7O10. The van der Waals surface area contributed by atoms with E-state index in [-0.39, 0.29) is 12.6 Å². The van der Waals surface area contributed by atoms with E-state index in [9.17, 15) is 24.0 Å². The Bertz CT molecular complexity index is 1140. The minimum atomic E-state index is -0.732. The van der Waals surface area contributed by atoms with Crippen LogP contribution in [0.1, 0.15) is 128 Å². The fraction of sp³-hybridized carbons (Fsp3) is 0.838. The van der Waals surface area contributed by atoms with Gasteiger partial charge in [0.15, 0.2) is 0 Å². The average Bonchev–Trinajstić information content (AvgIpc) is 2.96. The van der Waals surface area contributed by atoms with Crippen LogP contribution in [-0.2, 0) is 23.7 Å². The molecule has 314 valence electrons. The first-order valence-electron chi connectivity index (χ1n) is 19.0. The van der Waals surface area contributed by atoms with Crippen molar-refractivity contribution in [3.63, 3.8) is 0 Å². The zero-order chi connectivity index (χ0) is 41.4. The molecule has 5 amide bonds. The molecule has 17 heteroatoms. The third kappa shape index (κ3) is 32.6. The summed E-state index contributed by atoms with van der Waals surface area (Å²) in [6.07, 6.45) is 2.38. The van der Waals surface area contributed by atoms with E-state index in [1.54, 1.807) is 88.0 Å². The van der Waals surface area contributed by atoms with Gasteiger partial charge in [0.25, 0.3) is 0 Å². The molecule has 0 fully saturated rings. The number of nitrogens with zero attached hydrogens (tertiary/aromatic N) is 2. The highest BCUT2D eigenvalue weighted by atomic mass is 16.6. The van der Waals surface area contributed by atoms with Gasteiger partial charge in [0.1, 0.15) is 29.0 Å². The van der Waals surface area contributed by atoms with Gasteiger partial charge in [-0.3, -0.25) is 15.6 Å². The minimum Gasteiger partial charge on any atom is -0.448 e. The lowest BCUT2D eigenvalue weighted by Gasteiger charge is -2.27. The van der Waals surface area contributed by atoms with Crippen LogP contribution in [-0.4, -0.2) is 116 Å². The molecule has 0 saturated heterocycles. The van der Waals surface area contributed by atoms with Crippen LogP contribution in [0.3, 0.4) is 0 Å². The number of hydrogen-bond acceptors (Lipinski definition) is 12. The van der Waals surface area contributed by atoms with E-state index in [4.69, 9.17) is 23.7 Å². The second kappa shape index (κ2) is 25.1. The summed E-state index contributed by atoms with van der Waals surface area (Å²) < 4.78 is 26.5. The Morgan fingerprint density at radius 1 is 0.500 bits per heavy atom. The number of nitrogens with one attached hydrogen (secondary N) is 5. The Hall–Kier alpha value is -4.02. The summed E-state index contributed by atoms with van der Waals surface area (Å²) in [5.41, 5.74) is -2.65. The van der Waals surface area contributed by atoms with Crippen molar-refractivity contribution in [2.75, 3.05) is 52.4 Å². The average molecular weight is 774 g/mol. The van der Waals surface area contributed by atoms with Crippen LogP contribution in [0.5, 0.6) is 0 Å². The third-order valence-corrected chi connectivity index (χ3v) is 6.33. The van der Waals surface area contributed by atoms with Crippen LogP contribution < -0.4 is 26.6 Å². The van der Waals surface area contributed by atoms with Crippen LogP contribution in [0.2, 0.25) is 0 Å². The Labute approximate surface area is 323 Å². The number of aliphatic imine (C=N–C) groups is 1. The molecular weight excluding hydrogens is 702 g/mol. The van der Waals surface area contributed by atoms with E-state index in [2.05, 4.69) is 31.6 Å². The number of ether oxygens (including phenoxy) is 5. The van der Waals surface area contributed by atoms with Crippen molar-refractivity contribution < 1.29 is 47.7 Å². The predicted molar refractivity (Wildman–Crippen MR) is 208 cm³/mol. The van der Waals surface area contributed by atoms with Crippen molar-refractivity contribution in [3.8, 4) is 0 Å². The van der Waals surface area contributed by atoms with Gasteiger partial charge >= 0.3 is 30.5 Å². The van der Waals surface area contributed by atoms with E-state index in [1.807, 2.05) is 0 Å². The molecule has 0 aromatic carbocycles. The Morgan fingerprint density at radius 3 is 1.52 bits per heavy atom. The van der Waals surface area contributed by atoms with Gasteiger partial charge in [-0.25, -0.2) is 24.0 Å². The van der Waals surface area contributed by atoms with Crippen LogP contribution in [0.25, 0.3) is 0 Å². The molecule has 5 N–H and O–H groups in total. The first-order valence-corrected chi connectivity index (χ1v) is 19.0. The number of carbonyl (C=O) groups excluding carboxylic acids is 5. The first kappa shape index (κ1) is 50.0. The summed E-state index contributed by atoms with van der Waals surface area (Å²) in [6, 6.07) is 0. The highest BCUT2D eigenvalue weighted by molar-refractivity contribution is 6.01. The normalized spacial score (nSPS) is 11.8. The van der Waals surface area contributed by atoms with E-state index < -0.39 is 52.9 Å². The van der Waals surface area contributed by atoms with Crippen molar-refractivity contribution in [1.29, 1.82) is 0 Å². The molecule has 0 aromatic rings. The van der Waals surface area contributed by atoms with Crippen LogP contribution in [0, 0.1) is 0 Å². The van der Waals surface area contributed by atoms with Gasteiger partial charge in [-0.05, 0) is 122 Å². The smallest absolute Gasteiger partial charge is 0.414 e. The first-order chi connectivity index (χ1) is 24.8. The number of rotatable bonds is 19. The fourth-order valence-corrected chi connectivity index (χ4v) is 4.22. The Morgan fingerprint density at radius 2 is 0.963 bits per heavy atom. The molecule has 0 aliphatic heterocycles. The second-order valence-electron chi connectivity index (χ2n) is 16.7. The molecule has 0 heterocycles. The van der Waals surface area contributed by atoms with Crippen molar-refractivity contribution in [2.24, 2.45) is 4.99 Å². The highest BCUT2D eigenvalue weighted by Gasteiger charge is 2.23. The minimum absolute atomic E-state index is 0.0350. The van der Waals surface area contributed by atoms with Crippen molar-refractivity contribution in [2.45, 2.75) is 150 Å². The quantitative estimate of drug-likeness (QED) is 0.0432. The number of unbranched alkanes of at least 4 members (excludes halogenated alkanes) is 4. The van der Waals surface area contributed by atoms with E-state index in [1.165, 1.54) is 0 Å². The van der Waals surface area contributed by atoms with Crippen LogP contribution >= 0.6 is 0 Å². The largest absolute Gasteiger partial charge is 0.448 e. The van der Waals surface area contributed by atoms with Crippen molar-refractivity contribution >= 4 is 36.4 Å². The van der Waals surface area contributed by atoms with Gasteiger partial charge in [0.2, 0.25) is 5.96 Å². The maximum atomic E-state index is 12.7. The predicted octanol–water partition coefficient (Wildman–Crippen LogP) is 6.20. The van der Waals surface area contributed by atoms with Crippen molar-refractivity contribution in [1.82, 2.24) is 31.5 Å². The Kier molecular flexibility index (Phi) is 23.3. The summed E-state index contributed by atoms with van der Waals surface area (Å²) in [4.78, 5) is 67.0. The van der Waals surface area contributed by atoms with Gasteiger partial charge in [0.05, 0.1) is 0 Å². The lowest BCUT2D eigenvalue weighted by Crippen LogP contribution is -2.47. The monoisotopic (exact) mass is 774 g/mol. The standard InChI is InChI=1S/C37H71N7O10/c1-34(2,3)51-30(46)41-23-19-26-44(33(49)54-37(10,11)12)25-18-17-22-40-29(45)50-27-24-38-20-15-13-14-16-21-39-28(42-31(47)52-35(4,5)6)43-32(48)53-36(7,8)9/h38H,13-27H2,1-12H3,(H,40,45)(H,41,46)(H2,39,42,43,47,48). The summed E-state index contributed by atoms with van der Waals surface area (Å²) in [6.45, 7) is 24.7. The number of hydrogen-bond donors (Lipinski definition) is 5. The molecule has 0 aromatic heterocycles. The zero-order valence-electron chi connectivity index (χ0n) is 35.1. The van der Waals surface area contributed by atoms with E-state index in [0.717, 1.165) is 32.2 Å². The topological polar surface area (TPSA) is 207 Å². The molecule has 0 aliphatic carbocycles. The number of carbonyl (C=O) groups is 5. The molecule has 0 saturated carbocycles. The summed E-state index contributed by atoms with van der Waals surface area (Å²) in [7, 11) is 0. The molecule has 0 atom stereocenters. The van der Waals surface area contributed by atoms with E-state index >= 15 is 0 Å². The maximum absolute atomic E-state index is 12.7. The van der Waals surface area contributed by atoms with Gasteiger partial charge in [0, 0.05) is 39.3 Å². The molecule has 0 spiro atoms. The highest BCUT2D eigenvalue weighted by Crippen LogP contribution is 2.12. The summed E-state index contributed by atoms with van der Waals surface area (Å²) >= 11 is 0. The van der Waals surface area contributed by atoms with E-state index in [0.29, 0.717) is 58.5 Å². The van der Waals surface area contributed by atoms with Gasteiger partial charge in [-0.1, -0.05) is 12.8 Å². The van der Waals surface area contributed by atoms with Crippen LogP contribution in [0.4, 0.5) is 24.0 Å². The van der Waals surface area contributed by atoms with Crippen LogP contribution in [0.15, 0.2) is 4.99 Å². The van der Waals surface area contributed by atoms with Crippen molar-refractivity contribution in [3.05, 3.63) is 0 Å². The zero-order valence-corrected chi connectivity index (χ0v) is 35.1. The molecule has 0 rings (SSSR count). The summed E-state index contributed by atoms with van der Waals surface area (Å²) in [5.74, 6) is -0.0350. The fourth-order valence-electron chi connectivity index (χ4n) is 4.22.